The number of hydrogen-bond acceptors (Lipinski definition) is 9. The lowest BCUT2D eigenvalue weighted by Gasteiger charge is -2.21. The molecule has 4 aromatic rings. The molecule has 1 aliphatic heterocycles. The number of carbonyl (C=O) groups is 2. The van der Waals surface area contributed by atoms with Crippen molar-refractivity contribution in [1.82, 2.24) is 9.74 Å². The first-order chi connectivity index (χ1) is 43.2. The molecule has 5 aliphatic carbocycles. The summed E-state index contributed by atoms with van der Waals surface area (Å²) in [6.07, 6.45) is 43.7. The van der Waals surface area contributed by atoms with E-state index in [9.17, 15) is 9.59 Å². The molecule has 10 nitrogen and oxygen atoms in total. The van der Waals surface area contributed by atoms with Crippen molar-refractivity contribution < 1.29 is 38.7 Å². The number of aliphatic hydroxyl groups excluding tert-OH is 2. The van der Waals surface area contributed by atoms with E-state index in [0.29, 0.717) is 31.7 Å². The molecule has 474 valence electrons. The van der Waals surface area contributed by atoms with E-state index >= 15 is 0 Å². The second-order valence-corrected chi connectivity index (χ2v) is 25.1. The zero-order valence-corrected chi connectivity index (χ0v) is 54.5. The molecule has 5 fully saturated rings. The van der Waals surface area contributed by atoms with Crippen LogP contribution in [0.15, 0.2) is 126 Å². The van der Waals surface area contributed by atoms with Crippen LogP contribution in [0.5, 0.6) is 23.0 Å². The van der Waals surface area contributed by atoms with Crippen molar-refractivity contribution >= 4 is 39.5 Å². The molecular weight excluding hydrogens is 1180 g/mol. The van der Waals surface area contributed by atoms with Crippen LogP contribution >= 0.6 is 27.7 Å². The Bertz CT molecular complexity index is 2830. The number of carbonyl (C=O) groups excluding carboxylic acids is 2. The van der Waals surface area contributed by atoms with Gasteiger partial charge in [0, 0.05) is 48.0 Å². The predicted molar refractivity (Wildman–Crippen MR) is 361 cm³/mol. The topological polar surface area (TPSA) is 127 Å². The number of imide groups is 1. The Balaban J connectivity index is 0.000000187. The van der Waals surface area contributed by atoms with Crippen molar-refractivity contribution in [3.63, 3.8) is 0 Å². The summed E-state index contributed by atoms with van der Waals surface area (Å²) in [6, 6.07) is 32.4. The third kappa shape index (κ3) is 28.2. The van der Waals surface area contributed by atoms with Gasteiger partial charge in [-0.2, -0.15) is 0 Å². The van der Waals surface area contributed by atoms with Gasteiger partial charge in [-0.15, -0.1) is 12.3 Å². The third-order valence-electron chi connectivity index (χ3n) is 16.8. The van der Waals surface area contributed by atoms with E-state index < -0.39 is 0 Å². The van der Waals surface area contributed by atoms with Crippen LogP contribution in [0.4, 0.5) is 0 Å². The van der Waals surface area contributed by atoms with Crippen LogP contribution in [0.25, 0.3) is 0 Å². The van der Waals surface area contributed by atoms with Gasteiger partial charge >= 0.3 is 0 Å². The first kappa shape index (κ1) is 71.1. The minimum atomic E-state index is -0.335. The number of unbranched alkanes of at least 4 members (excludes halogenated alkanes) is 1. The van der Waals surface area contributed by atoms with Gasteiger partial charge in [0.2, 0.25) is 11.8 Å². The van der Waals surface area contributed by atoms with E-state index in [1.54, 1.807) is 0 Å². The number of nitrogens with zero attached hydrogens (tertiary/aromatic N) is 1. The maximum Gasteiger partial charge on any atom is 0.237 e. The Morgan fingerprint density at radius 2 is 0.932 bits per heavy atom. The smallest absolute Gasteiger partial charge is 0.237 e. The molecule has 2 atom stereocenters. The van der Waals surface area contributed by atoms with Crippen LogP contribution in [0.2, 0.25) is 0 Å². The molecule has 3 N–H and O–H groups in total. The molecule has 2 amide bonds. The van der Waals surface area contributed by atoms with E-state index in [2.05, 4.69) is 74.6 Å². The number of ether oxygens (including phenoxy) is 4. The molecule has 2 unspecified atom stereocenters. The normalized spacial score (nSPS) is 18.2. The standard InChI is InChI=1S/C25H27NO3.C17H26ClNO.C17H22O2.C13H17BrO.C4H6O/c27-24-22-14-4-5-15-23(22)25(28)26(24)16-7-6-9-19-12-8-13-21(17-19)29-18-20-10-2-1-3-11-20;18-19-12-5-4-7-15-10-6-11-17(13-15)20-14-16-8-2-1-3-9-16;18-12-5-4-7-15-10-6-11-17(13-15)19-14-16-8-2-1-3-9-16;14-12-7-4-8-13(9-12)15-10-11-5-2-1-3-6-11;1-2-3-4-5/h4-5,8,12-15,17,20,22-23H,1-3,7,10-11,16,18H2;6,10-11,13,16,19H,1-5,7-9,12,14H2;6,10-11,13,16,18H,1-3,5,8-9,12,14H2;4,7-9,11H,1-3,5-6,10H2;1,5H,3-4H2. The van der Waals surface area contributed by atoms with Crippen molar-refractivity contribution in [2.45, 2.75) is 167 Å². The minimum absolute atomic E-state index is 0.108. The monoisotopic (exact) mass is 1280 g/mol. The highest BCUT2D eigenvalue weighted by Crippen LogP contribution is 2.32. The summed E-state index contributed by atoms with van der Waals surface area (Å²) >= 11 is 8.90. The highest BCUT2D eigenvalue weighted by Gasteiger charge is 2.45. The van der Waals surface area contributed by atoms with Gasteiger partial charge in [0.05, 0.1) is 51.5 Å². The van der Waals surface area contributed by atoms with Gasteiger partial charge in [-0.05, 0) is 178 Å². The maximum absolute atomic E-state index is 12.4. The molecule has 10 rings (SSSR count). The summed E-state index contributed by atoms with van der Waals surface area (Å²) in [5.74, 6) is 20.3. The van der Waals surface area contributed by atoms with Gasteiger partial charge in [-0.25, -0.2) is 4.84 Å². The van der Waals surface area contributed by atoms with Gasteiger partial charge in [0.15, 0.2) is 0 Å². The SMILES string of the molecule is Brc1cccc(OCC2CCCCC2)c1.C#CCCO.ClNCCCCc1cccc(OCC2CCCCC2)c1.O=C1C2C=CC=CC2C(=O)N1CCC#Cc1cccc(OCC2CCCCC2)c1.OCCC#Cc1cccc(OCC2CCCCC2)c1. The van der Waals surface area contributed by atoms with E-state index in [1.807, 2.05) is 97.1 Å². The van der Waals surface area contributed by atoms with E-state index in [1.165, 1.54) is 139 Å². The first-order valence-corrected chi connectivity index (χ1v) is 34.1. The number of rotatable bonds is 21. The van der Waals surface area contributed by atoms with E-state index in [0.717, 1.165) is 109 Å². The summed E-state index contributed by atoms with van der Waals surface area (Å²) < 4.78 is 24.7. The molecule has 0 bridgehead atoms. The summed E-state index contributed by atoms with van der Waals surface area (Å²) in [5, 5.41) is 16.6. The summed E-state index contributed by atoms with van der Waals surface area (Å²) in [5.41, 5.74) is 3.21. The Hall–Kier alpha value is -5.97. The number of halogens is 2. The maximum atomic E-state index is 12.4. The Morgan fingerprint density at radius 1 is 0.523 bits per heavy atom. The highest BCUT2D eigenvalue weighted by molar-refractivity contribution is 9.10. The molecule has 88 heavy (non-hydrogen) atoms. The van der Waals surface area contributed by atoms with Crippen LogP contribution < -0.4 is 23.8 Å². The third-order valence-corrected chi connectivity index (χ3v) is 17.5. The second kappa shape index (κ2) is 43.7. The molecule has 0 radical (unpaired) electrons. The molecule has 1 heterocycles. The molecule has 4 saturated carbocycles. The average Bonchev–Trinajstić information content (AvgIpc) is 3.29. The van der Waals surface area contributed by atoms with Gasteiger partial charge in [0.1, 0.15) is 23.0 Å². The number of hydrogen-bond donors (Lipinski definition) is 3. The molecule has 1 saturated heterocycles. The summed E-state index contributed by atoms with van der Waals surface area (Å²) in [7, 11) is 0. The van der Waals surface area contributed by atoms with Crippen molar-refractivity contribution in [2.24, 2.45) is 35.5 Å². The summed E-state index contributed by atoms with van der Waals surface area (Å²) in [6.45, 7) is 4.82. The van der Waals surface area contributed by atoms with Crippen LogP contribution in [0.1, 0.15) is 177 Å². The lowest BCUT2D eigenvalue weighted by atomic mass is 9.90. The fourth-order valence-electron chi connectivity index (χ4n) is 11.9. The number of aliphatic hydroxyl groups is 2. The number of aryl methyl sites for hydroxylation is 1. The highest BCUT2D eigenvalue weighted by atomic mass is 79.9. The largest absolute Gasteiger partial charge is 0.493 e. The summed E-state index contributed by atoms with van der Waals surface area (Å²) in [4.78, 5) is 28.9. The fourth-order valence-corrected chi connectivity index (χ4v) is 12.4. The Labute approximate surface area is 541 Å². The fraction of sp³-hybridized carbons (Fsp3) is 0.526. The lowest BCUT2D eigenvalue weighted by Crippen LogP contribution is -2.31. The van der Waals surface area contributed by atoms with Crippen molar-refractivity contribution in [3.8, 4) is 59.0 Å². The van der Waals surface area contributed by atoms with Crippen molar-refractivity contribution in [1.29, 1.82) is 0 Å². The number of terminal acetylenes is 1. The molecule has 0 spiro atoms. The van der Waals surface area contributed by atoms with Gasteiger partial charge in [-0.1, -0.05) is 171 Å². The van der Waals surface area contributed by atoms with Crippen LogP contribution in [-0.4, -0.2) is 79.7 Å². The Kier molecular flexibility index (Phi) is 35.3. The van der Waals surface area contributed by atoms with Gasteiger partial charge in [-0.3, -0.25) is 14.5 Å². The average molecular weight is 1280 g/mol. The molecule has 6 aliphatic rings. The number of likely N-dealkylation sites (tertiary alicyclic amines) is 1. The van der Waals surface area contributed by atoms with Crippen molar-refractivity contribution in [3.05, 3.63) is 143 Å². The number of benzene rings is 4. The zero-order chi connectivity index (χ0) is 62.1. The first-order valence-electron chi connectivity index (χ1n) is 33.0. The number of nitrogens with one attached hydrogen (secondary N) is 1. The number of amides is 2. The second-order valence-electron chi connectivity index (χ2n) is 23.9. The van der Waals surface area contributed by atoms with E-state index in [4.69, 9.17) is 47.4 Å². The molecule has 4 aromatic carbocycles. The quantitative estimate of drug-likeness (QED) is 0.0323. The van der Waals surface area contributed by atoms with Crippen LogP contribution in [0, 0.1) is 71.5 Å². The predicted octanol–water partition coefficient (Wildman–Crippen LogP) is 16.6. The van der Waals surface area contributed by atoms with Crippen LogP contribution in [0.3, 0.4) is 0 Å². The molecule has 12 heteroatoms. The zero-order valence-electron chi connectivity index (χ0n) is 52.2. The van der Waals surface area contributed by atoms with Gasteiger partial charge < -0.3 is 29.2 Å². The minimum Gasteiger partial charge on any atom is -0.493 e. The van der Waals surface area contributed by atoms with Crippen LogP contribution in [-0.2, 0) is 16.0 Å². The van der Waals surface area contributed by atoms with E-state index in [-0.39, 0.29) is 36.9 Å². The van der Waals surface area contributed by atoms with Crippen molar-refractivity contribution in [2.75, 3.05) is 52.7 Å². The number of allylic oxidation sites excluding steroid dienone is 2. The number of fused-ring (bicyclic) bond motifs is 1. The lowest BCUT2D eigenvalue weighted by molar-refractivity contribution is -0.139. The molecular formula is C76H98BrClN2O8. The Morgan fingerprint density at radius 3 is 1.34 bits per heavy atom. The molecule has 0 aromatic heterocycles. The van der Waals surface area contributed by atoms with Gasteiger partial charge in [0.25, 0.3) is 0 Å².